The van der Waals surface area contributed by atoms with Gasteiger partial charge in [0, 0.05) is 5.56 Å². The fourth-order valence-electron chi connectivity index (χ4n) is 2.80. The first-order valence-corrected chi connectivity index (χ1v) is 7.07. The van der Waals surface area contributed by atoms with Crippen molar-refractivity contribution in [2.75, 3.05) is 13.1 Å². The van der Waals surface area contributed by atoms with Crippen LogP contribution in [-0.2, 0) is 0 Å². The van der Waals surface area contributed by atoms with E-state index in [9.17, 15) is 4.79 Å². The third-order valence-corrected chi connectivity index (χ3v) is 3.75. The van der Waals surface area contributed by atoms with Crippen LogP contribution in [0.1, 0.15) is 48.5 Å². The Morgan fingerprint density at radius 1 is 1.32 bits per heavy atom. The van der Waals surface area contributed by atoms with Crippen LogP contribution >= 0.6 is 12.4 Å². The molecule has 1 unspecified atom stereocenters. The normalized spacial score (nSPS) is 16.9. The highest BCUT2D eigenvalue weighted by Crippen LogP contribution is 2.19. The lowest BCUT2D eigenvalue weighted by Gasteiger charge is -2.26. The van der Waals surface area contributed by atoms with Crippen molar-refractivity contribution >= 4 is 18.2 Å². The van der Waals surface area contributed by atoms with E-state index in [0.717, 1.165) is 37.1 Å². The minimum atomic E-state index is 0. The van der Waals surface area contributed by atoms with Gasteiger partial charge in [0.25, 0.3) is 0 Å². The second kappa shape index (κ2) is 7.66. The molecule has 106 valence electrons. The monoisotopic (exact) mass is 281 g/mol. The van der Waals surface area contributed by atoms with Crippen LogP contribution in [0.4, 0.5) is 0 Å². The third-order valence-electron chi connectivity index (χ3n) is 3.75. The Kier molecular flexibility index (Phi) is 6.53. The van der Waals surface area contributed by atoms with E-state index >= 15 is 0 Å². The lowest BCUT2D eigenvalue weighted by Crippen LogP contribution is -2.39. The topological polar surface area (TPSA) is 20.3 Å². The summed E-state index contributed by atoms with van der Waals surface area (Å²) in [5, 5.41) is 0. The second-order valence-corrected chi connectivity index (χ2v) is 5.28. The maximum atomic E-state index is 12.6. The van der Waals surface area contributed by atoms with Crippen molar-refractivity contribution in [1.82, 2.24) is 4.90 Å². The Labute approximate surface area is 122 Å². The first-order chi connectivity index (χ1) is 8.72. The number of likely N-dealkylation sites (tertiary alicyclic amines) is 1. The maximum Gasteiger partial charge on any atom is 0.179 e. The smallest absolute Gasteiger partial charge is 0.179 e. The van der Waals surface area contributed by atoms with E-state index < -0.39 is 0 Å². The SMILES string of the molecule is CCCC(C(=O)c1cccc(C)c1)N1CCCC1.Cl. The molecule has 1 aromatic rings. The molecule has 1 aliphatic heterocycles. The van der Waals surface area contributed by atoms with Gasteiger partial charge >= 0.3 is 0 Å². The Balaban J connectivity index is 0.00000180. The van der Waals surface area contributed by atoms with Gasteiger partial charge in [0.05, 0.1) is 6.04 Å². The van der Waals surface area contributed by atoms with Crippen LogP contribution in [0.3, 0.4) is 0 Å². The lowest BCUT2D eigenvalue weighted by atomic mass is 9.98. The zero-order valence-electron chi connectivity index (χ0n) is 11.9. The molecule has 0 radical (unpaired) electrons. The summed E-state index contributed by atoms with van der Waals surface area (Å²) < 4.78 is 0. The first-order valence-electron chi connectivity index (χ1n) is 7.07. The van der Waals surface area contributed by atoms with Crippen LogP contribution < -0.4 is 0 Å². The summed E-state index contributed by atoms with van der Waals surface area (Å²) in [4.78, 5) is 15.0. The first kappa shape index (κ1) is 16.2. The minimum Gasteiger partial charge on any atom is -0.293 e. The summed E-state index contributed by atoms with van der Waals surface area (Å²) in [6, 6.07) is 8.09. The molecule has 1 atom stereocenters. The zero-order chi connectivity index (χ0) is 13.0. The molecule has 0 aliphatic carbocycles. The van der Waals surface area contributed by atoms with Crippen molar-refractivity contribution in [3.05, 3.63) is 35.4 Å². The number of rotatable bonds is 5. The molecule has 1 fully saturated rings. The highest BCUT2D eigenvalue weighted by atomic mass is 35.5. The minimum absolute atomic E-state index is 0. The number of carbonyl (C=O) groups excluding carboxylic acids is 1. The predicted molar refractivity (Wildman–Crippen MR) is 82.3 cm³/mol. The largest absolute Gasteiger partial charge is 0.293 e. The van der Waals surface area contributed by atoms with Gasteiger partial charge in [-0.1, -0.05) is 37.1 Å². The number of halogens is 1. The second-order valence-electron chi connectivity index (χ2n) is 5.28. The van der Waals surface area contributed by atoms with Gasteiger partial charge < -0.3 is 0 Å². The summed E-state index contributed by atoms with van der Waals surface area (Å²) >= 11 is 0. The number of Topliss-reactive ketones (excluding diaryl/α,β-unsaturated/α-hetero) is 1. The van der Waals surface area contributed by atoms with Crippen LogP contribution in [0.15, 0.2) is 24.3 Å². The van der Waals surface area contributed by atoms with Crippen molar-refractivity contribution in [3.8, 4) is 0 Å². The Morgan fingerprint density at radius 3 is 2.58 bits per heavy atom. The maximum absolute atomic E-state index is 12.6. The van der Waals surface area contributed by atoms with Crippen LogP contribution in [0, 0.1) is 6.92 Å². The molecule has 1 saturated heterocycles. The standard InChI is InChI=1S/C16H23NO.ClH/c1-3-7-15(17-10-4-5-11-17)16(18)14-9-6-8-13(2)12-14;/h6,8-9,12,15H,3-5,7,10-11H2,1-2H3;1H. The van der Waals surface area contributed by atoms with Gasteiger partial charge in [-0.15, -0.1) is 12.4 Å². The number of carbonyl (C=O) groups is 1. The van der Waals surface area contributed by atoms with Crippen molar-refractivity contribution in [1.29, 1.82) is 0 Å². The molecule has 0 spiro atoms. The number of aryl methyl sites for hydroxylation is 1. The zero-order valence-corrected chi connectivity index (χ0v) is 12.7. The summed E-state index contributed by atoms with van der Waals surface area (Å²) in [7, 11) is 0. The number of hydrogen-bond acceptors (Lipinski definition) is 2. The van der Waals surface area contributed by atoms with Gasteiger partial charge in [-0.25, -0.2) is 0 Å². The molecule has 0 aromatic heterocycles. The van der Waals surface area contributed by atoms with Gasteiger partial charge in [0.15, 0.2) is 5.78 Å². The molecule has 0 amide bonds. The highest BCUT2D eigenvalue weighted by molar-refractivity contribution is 6.00. The number of nitrogens with zero attached hydrogens (tertiary/aromatic N) is 1. The fraction of sp³-hybridized carbons (Fsp3) is 0.562. The predicted octanol–water partition coefficient (Wildman–Crippen LogP) is 3.86. The van der Waals surface area contributed by atoms with Gasteiger partial charge in [0.2, 0.25) is 0 Å². The van der Waals surface area contributed by atoms with Crippen molar-refractivity contribution in [2.24, 2.45) is 0 Å². The van der Waals surface area contributed by atoms with E-state index in [-0.39, 0.29) is 18.4 Å². The molecule has 0 bridgehead atoms. The average Bonchev–Trinajstić information content (AvgIpc) is 2.89. The highest BCUT2D eigenvalue weighted by Gasteiger charge is 2.27. The molecule has 2 rings (SSSR count). The number of benzene rings is 1. The van der Waals surface area contributed by atoms with Crippen molar-refractivity contribution in [2.45, 2.75) is 45.6 Å². The quantitative estimate of drug-likeness (QED) is 0.764. The summed E-state index contributed by atoms with van der Waals surface area (Å²) in [6.07, 6.45) is 4.52. The van der Waals surface area contributed by atoms with E-state index in [1.807, 2.05) is 31.2 Å². The number of hydrogen-bond donors (Lipinski definition) is 0. The van der Waals surface area contributed by atoms with Crippen molar-refractivity contribution in [3.63, 3.8) is 0 Å². The molecule has 1 aromatic carbocycles. The summed E-state index contributed by atoms with van der Waals surface area (Å²) in [6.45, 7) is 6.37. The van der Waals surface area contributed by atoms with E-state index in [2.05, 4.69) is 11.8 Å². The molecule has 0 saturated carbocycles. The third kappa shape index (κ3) is 4.05. The molecule has 1 aliphatic rings. The van der Waals surface area contributed by atoms with Gasteiger partial charge in [-0.3, -0.25) is 9.69 Å². The van der Waals surface area contributed by atoms with E-state index in [0.29, 0.717) is 5.78 Å². The lowest BCUT2D eigenvalue weighted by molar-refractivity contribution is 0.0837. The Bertz CT molecular complexity index is 413. The van der Waals surface area contributed by atoms with E-state index in [1.165, 1.54) is 12.8 Å². The molecule has 1 heterocycles. The van der Waals surface area contributed by atoms with Gasteiger partial charge in [0.1, 0.15) is 0 Å². The molecular weight excluding hydrogens is 258 g/mol. The number of ketones is 1. The molecule has 0 N–H and O–H groups in total. The summed E-state index contributed by atoms with van der Waals surface area (Å²) in [5.41, 5.74) is 2.04. The van der Waals surface area contributed by atoms with Crippen LogP contribution in [0.2, 0.25) is 0 Å². The molecular formula is C16H24ClNO. The van der Waals surface area contributed by atoms with E-state index in [1.54, 1.807) is 0 Å². The van der Waals surface area contributed by atoms with Gasteiger partial charge in [-0.2, -0.15) is 0 Å². The van der Waals surface area contributed by atoms with Crippen LogP contribution in [-0.4, -0.2) is 29.8 Å². The average molecular weight is 282 g/mol. The molecule has 3 heteroatoms. The molecule has 2 nitrogen and oxygen atoms in total. The summed E-state index contributed by atoms with van der Waals surface area (Å²) in [5.74, 6) is 0.308. The Morgan fingerprint density at radius 2 is 2.00 bits per heavy atom. The van der Waals surface area contributed by atoms with Gasteiger partial charge in [-0.05, 0) is 45.3 Å². The van der Waals surface area contributed by atoms with E-state index in [4.69, 9.17) is 0 Å². The van der Waals surface area contributed by atoms with Crippen LogP contribution in [0.25, 0.3) is 0 Å². The fourth-order valence-corrected chi connectivity index (χ4v) is 2.80. The Hall–Kier alpha value is -0.860. The molecule has 19 heavy (non-hydrogen) atoms. The van der Waals surface area contributed by atoms with Crippen molar-refractivity contribution < 1.29 is 4.79 Å². The van der Waals surface area contributed by atoms with Crippen LogP contribution in [0.5, 0.6) is 0 Å².